The fraction of sp³-hybridized carbons (Fsp3) is 0.667. The Morgan fingerprint density at radius 2 is 2.00 bits per heavy atom. The number of fused-ring (bicyclic) bond motifs is 3. The average Bonchev–Trinajstić information content (AvgIpc) is 2.61. The summed E-state index contributed by atoms with van der Waals surface area (Å²) < 4.78 is 17.3. The van der Waals surface area contributed by atoms with E-state index in [9.17, 15) is 0 Å². The zero-order chi connectivity index (χ0) is 16.2. The lowest BCUT2D eigenvalue weighted by molar-refractivity contribution is -0.0400. The van der Waals surface area contributed by atoms with Gasteiger partial charge < -0.3 is 24.6 Å². The number of hydrogen-bond donors (Lipinski definition) is 2. The molecule has 3 rings (SSSR count). The molecule has 2 heterocycles. The Bertz CT molecular complexity index is 534. The Morgan fingerprint density at radius 3 is 2.74 bits per heavy atom. The highest BCUT2D eigenvalue weighted by Crippen LogP contribution is 2.51. The van der Waals surface area contributed by atoms with Gasteiger partial charge in [-0.05, 0) is 44.2 Å². The van der Waals surface area contributed by atoms with E-state index >= 15 is 0 Å². The molecule has 2 aliphatic heterocycles. The number of unbranched alkanes of at least 4 members (excludes halogenated alkanes) is 1. The van der Waals surface area contributed by atoms with Gasteiger partial charge in [-0.25, -0.2) is 0 Å². The number of benzene rings is 1. The zero-order valence-electron chi connectivity index (χ0n) is 14.0. The zero-order valence-corrected chi connectivity index (χ0v) is 14.0. The number of rotatable bonds is 6. The van der Waals surface area contributed by atoms with E-state index in [4.69, 9.17) is 19.3 Å². The van der Waals surface area contributed by atoms with Gasteiger partial charge in [-0.1, -0.05) is 0 Å². The van der Waals surface area contributed by atoms with Gasteiger partial charge in [-0.3, -0.25) is 0 Å². The van der Waals surface area contributed by atoms with Gasteiger partial charge >= 0.3 is 0 Å². The van der Waals surface area contributed by atoms with Crippen LogP contribution in [0.15, 0.2) is 12.1 Å². The summed E-state index contributed by atoms with van der Waals surface area (Å²) in [5, 5.41) is 12.7. The first kappa shape index (κ1) is 16.4. The maximum absolute atomic E-state index is 9.05. The third kappa shape index (κ3) is 3.12. The normalized spacial score (nSPS) is 26.0. The van der Waals surface area contributed by atoms with Crippen LogP contribution < -0.4 is 14.8 Å². The van der Waals surface area contributed by atoms with Crippen molar-refractivity contribution in [3.8, 4) is 11.5 Å². The standard InChI is InChI=1S/C18H27NO4/c1-21-14-8-9-15(22-2)17-16(14)18-12(6-5-11-23-18)13(19-17)7-3-4-10-20/h8-9,12-13,18-20H,3-7,10-11H2,1-2H3/t12-,13-,18-/m1/s1. The smallest absolute Gasteiger partial charge is 0.142 e. The number of hydrogen-bond acceptors (Lipinski definition) is 5. The minimum absolute atomic E-state index is 0.0594. The topological polar surface area (TPSA) is 60.0 Å². The van der Waals surface area contributed by atoms with Crippen LogP contribution in [-0.4, -0.2) is 38.6 Å². The van der Waals surface area contributed by atoms with Crippen molar-refractivity contribution in [1.82, 2.24) is 0 Å². The lowest BCUT2D eigenvalue weighted by atomic mass is 9.78. The molecule has 0 amide bonds. The third-order valence-corrected chi connectivity index (χ3v) is 5.03. The van der Waals surface area contributed by atoms with E-state index in [2.05, 4.69) is 5.32 Å². The summed E-state index contributed by atoms with van der Waals surface area (Å²) in [6, 6.07) is 4.25. The van der Waals surface area contributed by atoms with E-state index in [1.165, 1.54) is 0 Å². The molecule has 23 heavy (non-hydrogen) atoms. The Morgan fingerprint density at radius 1 is 1.22 bits per heavy atom. The Balaban J connectivity index is 1.96. The Hall–Kier alpha value is -1.46. The summed E-state index contributed by atoms with van der Waals surface area (Å²) in [6.07, 6.45) is 5.20. The Labute approximate surface area is 137 Å². The fourth-order valence-electron chi connectivity index (χ4n) is 3.93. The molecule has 0 aromatic heterocycles. The van der Waals surface area contributed by atoms with Gasteiger partial charge in [0.1, 0.15) is 11.5 Å². The van der Waals surface area contributed by atoms with Gasteiger partial charge in [0, 0.05) is 25.2 Å². The molecule has 0 unspecified atom stereocenters. The molecule has 1 aromatic rings. The number of nitrogens with one attached hydrogen (secondary N) is 1. The van der Waals surface area contributed by atoms with Crippen LogP contribution in [0.3, 0.4) is 0 Å². The van der Waals surface area contributed by atoms with Crippen molar-refractivity contribution in [2.45, 2.75) is 44.2 Å². The molecule has 0 bridgehead atoms. The van der Waals surface area contributed by atoms with Crippen molar-refractivity contribution in [2.75, 3.05) is 32.8 Å². The largest absolute Gasteiger partial charge is 0.496 e. The van der Waals surface area contributed by atoms with Crippen molar-refractivity contribution in [3.63, 3.8) is 0 Å². The lowest BCUT2D eigenvalue weighted by Gasteiger charge is -2.44. The molecule has 1 saturated heterocycles. The summed E-state index contributed by atoms with van der Waals surface area (Å²) in [5.74, 6) is 2.13. The fourth-order valence-corrected chi connectivity index (χ4v) is 3.93. The van der Waals surface area contributed by atoms with Gasteiger partial charge in [0.2, 0.25) is 0 Å². The molecule has 1 fully saturated rings. The minimum Gasteiger partial charge on any atom is -0.496 e. The van der Waals surface area contributed by atoms with Crippen molar-refractivity contribution in [3.05, 3.63) is 17.7 Å². The van der Waals surface area contributed by atoms with Crippen LogP contribution in [0.1, 0.15) is 43.8 Å². The molecule has 2 N–H and O–H groups in total. The van der Waals surface area contributed by atoms with Crippen LogP contribution >= 0.6 is 0 Å². The molecular formula is C18H27NO4. The first-order valence-corrected chi connectivity index (χ1v) is 8.54. The number of aliphatic hydroxyl groups excluding tert-OH is 1. The van der Waals surface area contributed by atoms with Crippen molar-refractivity contribution in [2.24, 2.45) is 5.92 Å². The van der Waals surface area contributed by atoms with Crippen LogP contribution in [0.5, 0.6) is 11.5 Å². The van der Waals surface area contributed by atoms with Crippen molar-refractivity contribution in [1.29, 1.82) is 0 Å². The summed E-state index contributed by atoms with van der Waals surface area (Å²) in [7, 11) is 3.39. The first-order chi connectivity index (χ1) is 11.3. The third-order valence-electron chi connectivity index (χ3n) is 5.03. The number of anilines is 1. The molecule has 5 nitrogen and oxygen atoms in total. The molecule has 2 aliphatic rings. The predicted molar refractivity (Wildman–Crippen MR) is 89.3 cm³/mol. The van der Waals surface area contributed by atoms with Crippen LogP contribution in [0, 0.1) is 5.92 Å². The molecule has 128 valence electrons. The van der Waals surface area contributed by atoms with E-state index < -0.39 is 0 Å². The van der Waals surface area contributed by atoms with E-state index in [1.54, 1.807) is 14.2 Å². The molecule has 5 heteroatoms. The van der Waals surface area contributed by atoms with Crippen molar-refractivity contribution < 1.29 is 19.3 Å². The van der Waals surface area contributed by atoms with Crippen molar-refractivity contribution >= 4 is 5.69 Å². The lowest BCUT2D eigenvalue weighted by Crippen LogP contribution is -2.41. The minimum atomic E-state index is 0.0594. The molecule has 0 aliphatic carbocycles. The quantitative estimate of drug-likeness (QED) is 0.788. The number of aliphatic hydroxyl groups is 1. The maximum Gasteiger partial charge on any atom is 0.142 e. The number of methoxy groups -OCH3 is 2. The highest BCUT2D eigenvalue weighted by molar-refractivity contribution is 5.69. The van der Waals surface area contributed by atoms with E-state index in [-0.39, 0.29) is 12.7 Å². The highest BCUT2D eigenvalue weighted by Gasteiger charge is 2.41. The van der Waals surface area contributed by atoms with Crippen LogP contribution in [0.25, 0.3) is 0 Å². The van der Waals surface area contributed by atoms with Gasteiger partial charge in [-0.15, -0.1) is 0 Å². The van der Waals surface area contributed by atoms with Gasteiger partial charge in [0.05, 0.1) is 31.6 Å². The van der Waals surface area contributed by atoms with Gasteiger partial charge in [-0.2, -0.15) is 0 Å². The second-order valence-corrected chi connectivity index (χ2v) is 6.33. The van der Waals surface area contributed by atoms with Crippen LogP contribution in [0.4, 0.5) is 5.69 Å². The molecular weight excluding hydrogens is 294 g/mol. The summed E-state index contributed by atoms with van der Waals surface area (Å²) >= 11 is 0. The highest BCUT2D eigenvalue weighted by atomic mass is 16.5. The second kappa shape index (κ2) is 7.41. The summed E-state index contributed by atoms with van der Waals surface area (Å²) in [4.78, 5) is 0. The van der Waals surface area contributed by atoms with Crippen LogP contribution in [0.2, 0.25) is 0 Å². The van der Waals surface area contributed by atoms with Gasteiger partial charge in [0.25, 0.3) is 0 Å². The Kier molecular flexibility index (Phi) is 5.28. The molecule has 1 aromatic carbocycles. The number of ether oxygens (including phenoxy) is 3. The maximum atomic E-state index is 9.05. The van der Waals surface area contributed by atoms with E-state index in [0.29, 0.717) is 12.0 Å². The second-order valence-electron chi connectivity index (χ2n) is 6.33. The SMILES string of the molecule is COc1ccc(OC)c2c1N[C@H](CCCCO)[C@H]1CCCO[C@@H]21. The van der Waals surface area contributed by atoms with Gasteiger partial charge in [0.15, 0.2) is 0 Å². The van der Waals surface area contributed by atoms with Crippen LogP contribution in [-0.2, 0) is 4.74 Å². The summed E-state index contributed by atoms with van der Waals surface area (Å²) in [6.45, 7) is 1.05. The molecule has 0 radical (unpaired) electrons. The predicted octanol–water partition coefficient (Wildman–Crippen LogP) is 3.13. The molecule has 3 atom stereocenters. The molecule has 0 saturated carbocycles. The average molecular weight is 321 g/mol. The molecule has 0 spiro atoms. The van der Waals surface area contributed by atoms with E-state index in [1.807, 2.05) is 12.1 Å². The first-order valence-electron chi connectivity index (χ1n) is 8.54. The summed E-state index contributed by atoms with van der Waals surface area (Å²) in [5.41, 5.74) is 2.10. The monoisotopic (exact) mass is 321 g/mol. The van der Waals surface area contributed by atoms with E-state index in [0.717, 1.165) is 61.5 Å².